The molecule has 1 unspecified atom stereocenters. The van der Waals surface area contributed by atoms with Crippen LogP contribution in [0.25, 0.3) is 0 Å². The molecule has 0 spiro atoms. The van der Waals surface area contributed by atoms with Crippen molar-refractivity contribution in [2.24, 2.45) is 0 Å². The molecule has 90 valence electrons. The van der Waals surface area contributed by atoms with Gasteiger partial charge in [0.2, 0.25) is 0 Å². The molecule has 0 aromatic carbocycles. The Bertz CT molecular complexity index is 302. The molecule has 3 heteroatoms. The Morgan fingerprint density at radius 1 is 1.50 bits per heavy atom. The fourth-order valence-electron chi connectivity index (χ4n) is 2.60. The molecular formula is C13H22N2O. The second-order valence-electron chi connectivity index (χ2n) is 5.25. The van der Waals surface area contributed by atoms with E-state index in [1.54, 1.807) is 6.26 Å². The van der Waals surface area contributed by atoms with Crippen molar-refractivity contribution in [2.75, 3.05) is 20.1 Å². The number of hydrogen-bond donors (Lipinski definition) is 1. The van der Waals surface area contributed by atoms with Gasteiger partial charge in [-0.2, -0.15) is 0 Å². The smallest absolute Gasteiger partial charge is 0.0947 e. The van der Waals surface area contributed by atoms with Gasteiger partial charge in [-0.15, -0.1) is 0 Å². The van der Waals surface area contributed by atoms with Crippen molar-refractivity contribution >= 4 is 0 Å². The molecule has 1 aromatic rings. The molecule has 0 saturated carbocycles. The predicted molar refractivity (Wildman–Crippen MR) is 65.3 cm³/mol. The summed E-state index contributed by atoms with van der Waals surface area (Å²) >= 11 is 0. The monoisotopic (exact) mass is 222 g/mol. The lowest BCUT2D eigenvalue weighted by atomic mass is 9.90. The highest BCUT2D eigenvalue weighted by Gasteiger charge is 2.27. The van der Waals surface area contributed by atoms with Crippen LogP contribution in [0.2, 0.25) is 0 Å². The second kappa shape index (κ2) is 5.02. The summed E-state index contributed by atoms with van der Waals surface area (Å²) in [6.07, 6.45) is 7.52. The van der Waals surface area contributed by atoms with Crippen LogP contribution in [0.3, 0.4) is 0 Å². The van der Waals surface area contributed by atoms with Gasteiger partial charge in [-0.3, -0.25) is 0 Å². The molecule has 0 amide bonds. The topological polar surface area (TPSA) is 28.4 Å². The van der Waals surface area contributed by atoms with Crippen molar-refractivity contribution in [1.29, 1.82) is 0 Å². The highest BCUT2D eigenvalue weighted by Crippen LogP contribution is 2.20. The molecule has 0 bridgehead atoms. The molecule has 1 saturated heterocycles. The third-order valence-corrected chi connectivity index (χ3v) is 3.36. The third-order valence-electron chi connectivity index (χ3n) is 3.36. The quantitative estimate of drug-likeness (QED) is 0.847. The van der Waals surface area contributed by atoms with Crippen LogP contribution in [0, 0.1) is 0 Å². The van der Waals surface area contributed by atoms with Crippen LogP contribution in [-0.2, 0) is 6.54 Å². The number of likely N-dealkylation sites (N-methyl/N-ethyl adjacent to an activating group) is 1. The van der Waals surface area contributed by atoms with Crippen molar-refractivity contribution in [3.8, 4) is 0 Å². The van der Waals surface area contributed by atoms with Crippen LogP contribution >= 0.6 is 0 Å². The summed E-state index contributed by atoms with van der Waals surface area (Å²) in [5.41, 5.74) is 1.54. The van der Waals surface area contributed by atoms with Gasteiger partial charge in [-0.25, -0.2) is 0 Å². The van der Waals surface area contributed by atoms with E-state index < -0.39 is 0 Å². The maximum absolute atomic E-state index is 5.09. The molecule has 3 nitrogen and oxygen atoms in total. The minimum Gasteiger partial charge on any atom is -0.472 e. The first-order chi connectivity index (χ1) is 7.68. The normalized spacial score (nSPS) is 26.2. The third kappa shape index (κ3) is 3.09. The maximum Gasteiger partial charge on any atom is 0.0947 e. The van der Waals surface area contributed by atoms with Gasteiger partial charge >= 0.3 is 0 Å². The zero-order chi connectivity index (χ0) is 11.4. The summed E-state index contributed by atoms with van der Waals surface area (Å²) < 4.78 is 5.09. The van der Waals surface area contributed by atoms with E-state index in [-0.39, 0.29) is 5.54 Å². The average molecular weight is 222 g/mol. The molecule has 1 aliphatic heterocycles. The standard InChI is InChI=1S/C13H22N2O/c1-13(6-3-4-7-14-13)11-15(2)9-12-5-8-16-10-12/h5,8,10,14H,3-4,6-7,9,11H2,1-2H3. The van der Waals surface area contributed by atoms with E-state index in [9.17, 15) is 0 Å². The molecule has 1 aliphatic rings. The molecule has 1 atom stereocenters. The molecule has 2 rings (SSSR count). The molecule has 1 aromatic heterocycles. The predicted octanol–water partition coefficient (Wildman–Crippen LogP) is 2.24. The van der Waals surface area contributed by atoms with Gasteiger partial charge in [-0.05, 0) is 39.4 Å². The van der Waals surface area contributed by atoms with Gasteiger partial charge in [0.05, 0.1) is 12.5 Å². The molecule has 1 fully saturated rings. The lowest BCUT2D eigenvalue weighted by molar-refractivity contribution is 0.182. The summed E-state index contributed by atoms with van der Waals surface area (Å²) in [5.74, 6) is 0. The Kier molecular flexibility index (Phi) is 3.66. The Morgan fingerprint density at radius 3 is 3.00 bits per heavy atom. The Morgan fingerprint density at radius 2 is 2.38 bits per heavy atom. The van der Waals surface area contributed by atoms with Crippen LogP contribution in [0.15, 0.2) is 23.0 Å². The van der Waals surface area contributed by atoms with E-state index in [2.05, 4.69) is 24.2 Å². The van der Waals surface area contributed by atoms with Crippen LogP contribution in [-0.4, -0.2) is 30.6 Å². The lowest BCUT2D eigenvalue weighted by Gasteiger charge is -2.38. The number of hydrogen-bond acceptors (Lipinski definition) is 3. The summed E-state index contributed by atoms with van der Waals surface area (Å²) in [6, 6.07) is 2.03. The fraction of sp³-hybridized carbons (Fsp3) is 0.692. The van der Waals surface area contributed by atoms with Crippen molar-refractivity contribution in [3.63, 3.8) is 0 Å². The molecule has 0 radical (unpaired) electrons. The van der Waals surface area contributed by atoms with Crippen LogP contribution in [0.5, 0.6) is 0 Å². The van der Waals surface area contributed by atoms with Crippen LogP contribution < -0.4 is 5.32 Å². The van der Waals surface area contributed by atoms with Crippen molar-refractivity contribution in [1.82, 2.24) is 10.2 Å². The second-order valence-corrected chi connectivity index (χ2v) is 5.25. The number of nitrogens with zero attached hydrogens (tertiary/aromatic N) is 1. The fourth-order valence-corrected chi connectivity index (χ4v) is 2.60. The SMILES string of the molecule is CN(Cc1ccoc1)CC1(C)CCCCN1. The molecule has 0 aliphatic carbocycles. The molecule has 16 heavy (non-hydrogen) atoms. The van der Waals surface area contributed by atoms with E-state index in [1.807, 2.05) is 12.3 Å². The Balaban J connectivity index is 1.84. The zero-order valence-corrected chi connectivity index (χ0v) is 10.3. The lowest BCUT2D eigenvalue weighted by Crippen LogP contribution is -2.52. The molecular weight excluding hydrogens is 200 g/mol. The summed E-state index contributed by atoms with van der Waals surface area (Å²) in [7, 11) is 2.18. The maximum atomic E-state index is 5.09. The van der Waals surface area contributed by atoms with E-state index in [0.29, 0.717) is 0 Å². The first kappa shape index (κ1) is 11.7. The van der Waals surface area contributed by atoms with Crippen molar-refractivity contribution in [3.05, 3.63) is 24.2 Å². The highest BCUT2D eigenvalue weighted by atomic mass is 16.3. The number of furan rings is 1. The van der Waals surface area contributed by atoms with Crippen LogP contribution in [0.1, 0.15) is 31.7 Å². The van der Waals surface area contributed by atoms with E-state index in [1.165, 1.54) is 24.8 Å². The first-order valence-electron chi connectivity index (χ1n) is 6.13. The van der Waals surface area contributed by atoms with E-state index in [4.69, 9.17) is 4.42 Å². The minimum absolute atomic E-state index is 0.288. The summed E-state index contributed by atoms with van der Waals surface area (Å²) in [6.45, 7) is 5.56. The molecule has 2 heterocycles. The molecule has 1 N–H and O–H groups in total. The largest absolute Gasteiger partial charge is 0.472 e. The van der Waals surface area contributed by atoms with Gasteiger partial charge in [0.25, 0.3) is 0 Å². The Hall–Kier alpha value is -0.800. The average Bonchev–Trinajstić information content (AvgIpc) is 2.70. The van der Waals surface area contributed by atoms with Gasteiger partial charge in [0.1, 0.15) is 0 Å². The Labute approximate surface area is 97.8 Å². The summed E-state index contributed by atoms with van der Waals surface area (Å²) in [4.78, 5) is 2.36. The van der Waals surface area contributed by atoms with E-state index >= 15 is 0 Å². The number of rotatable bonds is 4. The van der Waals surface area contributed by atoms with Gasteiger partial charge in [0.15, 0.2) is 0 Å². The van der Waals surface area contributed by atoms with Crippen molar-refractivity contribution in [2.45, 2.75) is 38.3 Å². The van der Waals surface area contributed by atoms with Crippen LogP contribution in [0.4, 0.5) is 0 Å². The first-order valence-corrected chi connectivity index (χ1v) is 6.13. The highest BCUT2D eigenvalue weighted by molar-refractivity contribution is 5.05. The van der Waals surface area contributed by atoms with Gasteiger partial charge in [0, 0.05) is 24.2 Å². The minimum atomic E-state index is 0.288. The van der Waals surface area contributed by atoms with Gasteiger partial charge < -0.3 is 14.6 Å². The van der Waals surface area contributed by atoms with Gasteiger partial charge in [-0.1, -0.05) is 6.42 Å². The number of piperidine rings is 1. The van der Waals surface area contributed by atoms with Crippen molar-refractivity contribution < 1.29 is 4.42 Å². The number of nitrogens with one attached hydrogen (secondary N) is 1. The zero-order valence-electron chi connectivity index (χ0n) is 10.3. The van der Waals surface area contributed by atoms with E-state index in [0.717, 1.165) is 19.6 Å². The summed E-state index contributed by atoms with van der Waals surface area (Å²) in [5, 5.41) is 3.64.